The van der Waals surface area contributed by atoms with Gasteiger partial charge in [-0.1, -0.05) is 0 Å². The van der Waals surface area contributed by atoms with Gasteiger partial charge >= 0.3 is 0 Å². The van der Waals surface area contributed by atoms with E-state index in [4.69, 9.17) is 16.2 Å². The lowest BCUT2D eigenvalue weighted by atomic mass is 10.1. The van der Waals surface area contributed by atoms with Crippen LogP contribution in [0.3, 0.4) is 0 Å². The van der Waals surface area contributed by atoms with Crippen molar-refractivity contribution in [3.05, 3.63) is 27.8 Å². The number of hydrogen-bond donors (Lipinski definition) is 2. The lowest BCUT2D eigenvalue weighted by Gasteiger charge is -2.08. The molecule has 0 radical (unpaired) electrons. The fourth-order valence-corrected chi connectivity index (χ4v) is 1.31. The van der Waals surface area contributed by atoms with Crippen LogP contribution in [-0.2, 0) is 11.2 Å². The molecule has 1 aromatic carbocycles. The Morgan fingerprint density at radius 2 is 2.13 bits per heavy atom. The van der Waals surface area contributed by atoms with Gasteiger partial charge in [0.2, 0.25) is 0 Å². The predicted molar refractivity (Wildman–Crippen MR) is 57.5 cm³/mol. The van der Waals surface area contributed by atoms with Crippen LogP contribution >= 0.6 is 0 Å². The van der Waals surface area contributed by atoms with E-state index < -0.39 is 4.92 Å². The molecule has 4 N–H and O–H groups in total. The topological polar surface area (TPSA) is 104 Å². The molecular formula is C9H13N3O3. The van der Waals surface area contributed by atoms with Crippen LogP contribution in [0.5, 0.6) is 0 Å². The van der Waals surface area contributed by atoms with Gasteiger partial charge < -0.3 is 16.2 Å². The average molecular weight is 211 g/mol. The molecule has 0 bridgehead atoms. The van der Waals surface area contributed by atoms with E-state index in [9.17, 15) is 10.1 Å². The van der Waals surface area contributed by atoms with Gasteiger partial charge in [-0.2, -0.15) is 0 Å². The van der Waals surface area contributed by atoms with Crippen molar-refractivity contribution in [2.75, 3.05) is 25.2 Å². The third kappa shape index (κ3) is 2.35. The van der Waals surface area contributed by atoms with Crippen LogP contribution in [0, 0.1) is 10.1 Å². The summed E-state index contributed by atoms with van der Waals surface area (Å²) in [7, 11) is 1.55. The van der Waals surface area contributed by atoms with E-state index in [0.717, 1.165) is 0 Å². The first-order valence-electron chi connectivity index (χ1n) is 4.38. The summed E-state index contributed by atoms with van der Waals surface area (Å²) in [6, 6.07) is 2.79. The molecule has 0 fully saturated rings. The second-order valence-electron chi connectivity index (χ2n) is 3.07. The van der Waals surface area contributed by atoms with E-state index in [1.807, 2.05) is 0 Å². The number of nitro benzene ring substituents is 1. The van der Waals surface area contributed by atoms with Crippen molar-refractivity contribution in [1.82, 2.24) is 0 Å². The van der Waals surface area contributed by atoms with Crippen molar-refractivity contribution in [2.24, 2.45) is 0 Å². The van der Waals surface area contributed by atoms with Gasteiger partial charge in [0.1, 0.15) is 5.69 Å². The van der Waals surface area contributed by atoms with E-state index in [1.54, 1.807) is 7.11 Å². The van der Waals surface area contributed by atoms with Crippen LogP contribution < -0.4 is 11.5 Å². The second-order valence-corrected chi connectivity index (χ2v) is 3.07. The van der Waals surface area contributed by atoms with Crippen LogP contribution in [0.25, 0.3) is 0 Å². The standard InChI is InChI=1S/C9H13N3O3/c1-15-5-4-6-7(10)2-3-8(9(6)11)12(13)14/h2-3H,4-5,10-11H2,1H3. The minimum absolute atomic E-state index is 0.115. The third-order valence-electron chi connectivity index (χ3n) is 2.12. The molecule has 0 aliphatic rings. The molecule has 15 heavy (non-hydrogen) atoms. The number of benzene rings is 1. The van der Waals surface area contributed by atoms with Crippen LogP contribution in [0.2, 0.25) is 0 Å². The molecule has 0 heterocycles. The zero-order chi connectivity index (χ0) is 11.4. The number of rotatable bonds is 4. The Bertz CT molecular complexity index is 379. The molecule has 0 aliphatic heterocycles. The molecule has 0 saturated carbocycles. The molecule has 0 atom stereocenters. The summed E-state index contributed by atoms with van der Waals surface area (Å²) in [5.41, 5.74) is 12.4. The highest BCUT2D eigenvalue weighted by Gasteiger charge is 2.16. The minimum Gasteiger partial charge on any atom is -0.398 e. The van der Waals surface area contributed by atoms with E-state index in [2.05, 4.69) is 0 Å². The maximum atomic E-state index is 10.6. The molecule has 0 aromatic heterocycles. The molecule has 6 heteroatoms. The number of nitrogens with two attached hydrogens (primary N) is 2. The molecule has 0 unspecified atom stereocenters. The summed E-state index contributed by atoms with van der Waals surface area (Å²) in [5.74, 6) is 0. The molecule has 0 spiro atoms. The number of anilines is 2. The molecule has 0 saturated heterocycles. The summed E-state index contributed by atoms with van der Waals surface area (Å²) < 4.78 is 4.88. The first-order valence-corrected chi connectivity index (χ1v) is 4.38. The van der Waals surface area contributed by atoms with Crippen molar-refractivity contribution in [3.8, 4) is 0 Å². The number of nitrogen functional groups attached to an aromatic ring is 2. The monoisotopic (exact) mass is 211 g/mol. The van der Waals surface area contributed by atoms with Gasteiger partial charge in [0.15, 0.2) is 0 Å². The Labute approximate surface area is 87.0 Å². The summed E-state index contributed by atoms with van der Waals surface area (Å²) in [6.45, 7) is 0.426. The zero-order valence-corrected chi connectivity index (χ0v) is 8.40. The largest absolute Gasteiger partial charge is 0.398 e. The first-order chi connectivity index (χ1) is 7.07. The van der Waals surface area contributed by atoms with Crippen molar-refractivity contribution in [3.63, 3.8) is 0 Å². The van der Waals surface area contributed by atoms with Crippen LogP contribution in [0.1, 0.15) is 5.56 Å². The third-order valence-corrected chi connectivity index (χ3v) is 2.12. The highest BCUT2D eigenvalue weighted by atomic mass is 16.6. The van der Waals surface area contributed by atoms with E-state index >= 15 is 0 Å². The van der Waals surface area contributed by atoms with E-state index in [-0.39, 0.29) is 11.4 Å². The van der Waals surface area contributed by atoms with Gasteiger partial charge in [0.25, 0.3) is 5.69 Å². The average Bonchev–Trinajstić information content (AvgIpc) is 2.17. The van der Waals surface area contributed by atoms with Crippen LogP contribution in [-0.4, -0.2) is 18.6 Å². The molecule has 6 nitrogen and oxygen atoms in total. The maximum Gasteiger partial charge on any atom is 0.292 e. The van der Waals surface area contributed by atoms with Crippen molar-refractivity contribution in [1.29, 1.82) is 0 Å². The summed E-state index contributed by atoms with van der Waals surface area (Å²) in [4.78, 5) is 10.1. The molecule has 1 aromatic rings. The van der Waals surface area contributed by atoms with Crippen LogP contribution in [0.4, 0.5) is 17.1 Å². The Morgan fingerprint density at radius 1 is 1.47 bits per heavy atom. The van der Waals surface area contributed by atoms with Gasteiger partial charge in [-0.15, -0.1) is 0 Å². The van der Waals surface area contributed by atoms with Gasteiger partial charge in [0, 0.05) is 30.8 Å². The lowest BCUT2D eigenvalue weighted by molar-refractivity contribution is -0.383. The molecule has 0 aliphatic carbocycles. The Hall–Kier alpha value is -1.82. The zero-order valence-electron chi connectivity index (χ0n) is 8.40. The molecule has 0 amide bonds. The minimum atomic E-state index is -0.523. The Morgan fingerprint density at radius 3 is 2.67 bits per heavy atom. The number of nitro groups is 1. The predicted octanol–water partition coefficient (Wildman–Crippen LogP) is 0.948. The van der Waals surface area contributed by atoms with Gasteiger partial charge in [-0.05, 0) is 6.07 Å². The number of ether oxygens (including phenoxy) is 1. The summed E-state index contributed by atoms with van der Waals surface area (Å²) in [5, 5.41) is 10.6. The highest BCUT2D eigenvalue weighted by molar-refractivity contribution is 5.71. The second kappa shape index (κ2) is 4.61. The molecule has 82 valence electrons. The lowest BCUT2D eigenvalue weighted by Crippen LogP contribution is -2.06. The van der Waals surface area contributed by atoms with Crippen molar-refractivity contribution in [2.45, 2.75) is 6.42 Å². The number of nitrogens with zero attached hydrogens (tertiary/aromatic N) is 1. The van der Waals surface area contributed by atoms with E-state index in [1.165, 1.54) is 12.1 Å². The number of hydrogen-bond acceptors (Lipinski definition) is 5. The fraction of sp³-hybridized carbons (Fsp3) is 0.333. The first kappa shape index (κ1) is 11.3. The van der Waals surface area contributed by atoms with Crippen molar-refractivity contribution < 1.29 is 9.66 Å². The smallest absolute Gasteiger partial charge is 0.292 e. The maximum absolute atomic E-state index is 10.6. The fourth-order valence-electron chi connectivity index (χ4n) is 1.31. The molecular weight excluding hydrogens is 198 g/mol. The SMILES string of the molecule is COCCc1c(N)ccc([N+](=O)[O-])c1N. The van der Waals surface area contributed by atoms with Gasteiger partial charge in [-0.25, -0.2) is 0 Å². The Balaban J connectivity index is 3.12. The normalized spacial score (nSPS) is 10.2. The summed E-state index contributed by atoms with van der Waals surface area (Å²) in [6.07, 6.45) is 0.468. The highest BCUT2D eigenvalue weighted by Crippen LogP contribution is 2.29. The van der Waals surface area contributed by atoms with Gasteiger partial charge in [0.05, 0.1) is 11.5 Å². The van der Waals surface area contributed by atoms with E-state index in [0.29, 0.717) is 24.3 Å². The van der Waals surface area contributed by atoms with Crippen molar-refractivity contribution >= 4 is 17.1 Å². The Kier molecular flexibility index (Phi) is 3.46. The number of methoxy groups -OCH3 is 1. The molecule has 1 rings (SSSR count). The quantitative estimate of drug-likeness (QED) is 0.438. The summed E-state index contributed by atoms with van der Waals surface area (Å²) >= 11 is 0. The van der Waals surface area contributed by atoms with Crippen LogP contribution in [0.15, 0.2) is 12.1 Å². The van der Waals surface area contributed by atoms with Gasteiger partial charge in [-0.3, -0.25) is 10.1 Å².